The molecule has 1 unspecified atom stereocenters. The highest BCUT2D eigenvalue weighted by molar-refractivity contribution is 5.76. The number of hydrogen-bond acceptors (Lipinski definition) is 3. The topological polar surface area (TPSA) is 44.4 Å². The summed E-state index contributed by atoms with van der Waals surface area (Å²) in [4.78, 5) is 13.7. The first-order valence-electron chi connectivity index (χ1n) is 5.97. The monoisotopic (exact) mass is 211 g/mol. The van der Waals surface area contributed by atoms with Crippen LogP contribution in [0.3, 0.4) is 0 Å². The van der Waals surface area contributed by atoms with Crippen LogP contribution in [0, 0.1) is 0 Å². The molecule has 2 aliphatic heterocycles. The van der Waals surface area contributed by atoms with Crippen LogP contribution in [0.4, 0.5) is 0 Å². The summed E-state index contributed by atoms with van der Waals surface area (Å²) in [7, 11) is 1.93. The molecule has 2 rings (SSSR count). The Kier molecular flexibility index (Phi) is 3.59. The van der Waals surface area contributed by atoms with Gasteiger partial charge in [-0.2, -0.15) is 0 Å². The fraction of sp³-hybridized carbons (Fsp3) is 0.909. The summed E-state index contributed by atoms with van der Waals surface area (Å²) in [5.41, 5.74) is 0. The van der Waals surface area contributed by atoms with E-state index in [-0.39, 0.29) is 0 Å². The van der Waals surface area contributed by atoms with Crippen LogP contribution in [0.15, 0.2) is 0 Å². The number of carbonyl (C=O) groups is 1. The number of nitrogens with zero attached hydrogens (tertiary/aromatic N) is 1. The third kappa shape index (κ3) is 2.69. The number of nitrogens with one attached hydrogen (secondary N) is 2. The Morgan fingerprint density at radius 3 is 2.80 bits per heavy atom. The van der Waals surface area contributed by atoms with Crippen LogP contribution >= 0.6 is 0 Å². The van der Waals surface area contributed by atoms with Gasteiger partial charge in [-0.3, -0.25) is 4.79 Å². The predicted octanol–water partition coefficient (Wildman–Crippen LogP) is -0.0512. The molecule has 2 fully saturated rings. The highest BCUT2D eigenvalue weighted by Gasteiger charge is 2.25. The number of hydrogen-bond donors (Lipinski definition) is 2. The van der Waals surface area contributed by atoms with Crippen LogP contribution in [0.5, 0.6) is 0 Å². The lowest BCUT2D eigenvalue weighted by Gasteiger charge is -2.35. The minimum absolute atomic E-state index is 0.301. The summed E-state index contributed by atoms with van der Waals surface area (Å²) in [6.45, 7) is 3.05. The maximum Gasteiger partial charge on any atom is 0.222 e. The Bertz CT molecular complexity index is 222. The fourth-order valence-corrected chi connectivity index (χ4v) is 2.23. The number of amides is 1. The van der Waals surface area contributed by atoms with Crippen molar-refractivity contribution in [1.82, 2.24) is 15.5 Å². The molecule has 0 aromatic carbocycles. The fourth-order valence-electron chi connectivity index (χ4n) is 2.23. The van der Waals surface area contributed by atoms with Crippen LogP contribution in [0.2, 0.25) is 0 Å². The second kappa shape index (κ2) is 4.94. The zero-order valence-corrected chi connectivity index (χ0v) is 9.46. The van der Waals surface area contributed by atoms with Crippen molar-refractivity contribution < 1.29 is 4.79 Å². The number of likely N-dealkylation sites (N-methyl/N-ethyl adjacent to an activating group) is 1. The molecule has 0 saturated carbocycles. The molecule has 2 saturated heterocycles. The van der Waals surface area contributed by atoms with Gasteiger partial charge in [-0.1, -0.05) is 0 Å². The zero-order chi connectivity index (χ0) is 10.7. The van der Waals surface area contributed by atoms with E-state index in [1.54, 1.807) is 0 Å². The van der Waals surface area contributed by atoms with Gasteiger partial charge in [0.15, 0.2) is 0 Å². The summed E-state index contributed by atoms with van der Waals surface area (Å²) in [5, 5.41) is 6.61. The van der Waals surface area contributed by atoms with Gasteiger partial charge >= 0.3 is 0 Å². The lowest BCUT2D eigenvalue weighted by atomic mass is 10.1. The number of rotatable bonds is 4. The molecule has 0 aliphatic carbocycles. The Hall–Kier alpha value is -0.610. The van der Waals surface area contributed by atoms with Gasteiger partial charge in [-0.05, 0) is 25.8 Å². The molecular weight excluding hydrogens is 190 g/mol. The SMILES string of the molecule is CN(C(=O)CCC1CCCN1)C1CNC1. The van der Waals surface area contributed by atoms with Gasteiger partial charge in [0.25, 0.3) is 0 Å². The normalized spacial score (nSPS) is 26.3. The Labute approximate surface area is 91.4 Å². The quantitative estimate of drug-likeness (QED) is 0.685. The molecule has 86 valence electrons. The van der Waals surface area contributed by atoms with Gasteiger partial charge in [0.05, 0.1) is 6.04 Å². The number of carbonyl (C=O) groups excluding carboxylic acids is 1. The largest absolute Gasteiger partial charge is 0.340 e. The van der Waals surface area contributed by atoms with Gasteiger partial charge in [0, 0.05) is 32.6 Å². The van der Waals surface area contributed by atoms with E-state index in [9.17, 15) is 4.79 Å². The summed E-state index contributed by atoms with van der Waals surface area (Å²) < 4.78 is 0. The van der Waals surface area contributed by atoms with Crippen LogP contribution in [-0.4, -0.2) is 49.6 Å². The first kappa shape index (κ1) is 10.9. The average molecular weight is 211 g/mol. The van der Waals surface area contributed by atoms with Crippen molar-refractivity contribution in [3.8, 4) is 0 Å². The van der Waals surface area contributed by atoms with Gasteiger partial charge in [0.2, 0.25) is 5.91 Å². The van der Waals surface area contributed by atoms with Crippen LogP contribution in [0.1, 0.15) is 25.7 Å². The minimum Gasteiger partial charge on any atom is -0.340 e. The molecule has 15 heavy (non-hydrogen) atoms. The van der Waals surface area contributed by atoms with Crippen LogP contribution < -0.4 is 10.6 Å². The molecule has 0 radical (unpaired) electrons. The molecule has 2 N–H and O–H groups in total. The second-order valence-electron chi connectivity index (χ2n) is 4.65. The minimum atomic E-state index is 0.301. The standard InChI is InChI=1S/C11H21N3O/c1-14(10-7-12-8-10)11(15)5-4-9-3-2-6-13-9/h9-10,12-13H,2-8H2,1H3. The Morgan fingerprint density at radius 2 is 2.27 bits per heavy atom. The van der Waals surface area contributed by atoms with E-state index in [1.165, 1.54) is 12.8 Å². The Morgan fingerprint density at radius 1 is 1.47 bits per heavy atom. The Balaban J connectivity index is 1.66. The first-order valence-corrected chi connectivity index (χ1v) is 5.97. The van der Waals surface area contributed by atoms with Crippen LogP contribution in [-0.2, 0) is 4.79 Å². The van der Waals surface area contributed by atoms with E-state index in [0.717, 1.165) is 26.1 Å². The molecule has 1 amide bonds. The van der Waals surface area contributed by atoms with Gasteiger partial charge in [0.1, 0.15) is 0 Å². The summed E-state index contributed by atoms with van der Waals surface area (Å²) in [6.07, 6.45) is 4.21. The summed E-state index contributed by atoms with van der Waals surface area (Å²) in [5.74, 6) is 0.301. The van der Waals surface area contributed by atoms with Crippen molar-refractivity contribution in [2.24, 2.45) is 0 Å². The smallest absolute Gasteiger partial charge is 0.222 e. The van der Waals surface area contributed by atoms with E-state index in [0.29, 0.717) is 24.4 Å². The van der Waals surface area contributed by atoms with Crippen molar-refractivity contribution in [1.29, 1.82) is 0 Å². The maximum absolute atomic E-state index is 11.8. The molecule has 4 nitrogen and oxygen atoms in total. The van der Waals surface area contributed by atoms with E-state index >= 15 is 0 Å². The second-order valence-corrected chi connectivity index (χ2v) is 4.65. The zero-order valence-electron chi connectivity index (χ0n) is 9.46. The highest BCUT2D eigenvalue weighted by Crippen LogP contribution is 2.12. The highest BCUT2D eigenvalue weighted by atomic mass is 16.2. The maximum atomic E-state index is 11.8. The van der Waals surface area contributed by atoms with E-state index < -0.39 is 0 Å². The lowest BCUT2D eigenvalue weighted by Crippen LogP contribution is -2.57. The van der Waals surface area contributed by atoms with Gasteiger partial charge in [-0.15, -0.1) is 0 Å². The van der Waals surface area contributed by atoms with Crippen molar-refractivity contribution in [2.45, 2.75) is 37.8 Å². The third-order valence-electron chi connectivity index (χ3n) is 3.57. The lowest BCUT2D eigenvalue weighted by molar-refractivity contribution is -0.133. The molecule has 4 heteroatoms. The molecule has 1 atom stereocenters. The molecule has 0 aromatic heterocycles. The molecule has 2 heterocycles. The van der Waals surface area contributed by atoms with Gasteiger partial charge in [-0.25, -0.2) is 0 Å². The van der Waals surface area contributed by atoms with Crippen LogP contribution in [0.25, 0.3) is 0 Å². The summed E-state index contributed by atoms with van der Waals surface area (Å²) in [6, 6.07) is 1.02. The predicted molar refractivity (Wildman–Crippen MR) is 59.7 cm³/mol. The molecule has 0 aromatic rings. The van der Waals surface area contributed by atoms with Crippen molar-refractivity contribution in [3.63, 3.8) is 0 Å². The first-order chi connectivity index (χ1) is 7.27. The van der Waals surface area contributed by atoms with Gasteiger partial charge < -0.3 is 15.5 Å². The van der Waals surface area contributed by atoms with E-state index in [2.05, 4.69) is 10.6 Å². The van der Waals surface area contributed by atoms with E-state index in [1.807, 2.05) is 11.9 Å². The molecule has 2 aliphatic rings. The van der Waals surface area contributed by atoms with Crippen molar-refractivity contribution in [3.05, 3.63) is 0 Å². The molecular formula is C11H21N3O. The molecule has 0 bridgehead atoms. The summed E-state index contributed by atoms with van der Waals surface area (Å²) >= 11 is 0. The molecule has 0 spiro atoms. The average Bonchev–Trinajstić information content (AvgIpc) is 2.63. The van der Waals surface area contributed by atoms with Crippen molar-refractivity contribution >= 4 is 5.91 Å². The van der Waals surface area contributed by atoms with E-state index in [4.69, 9.17) is 0 Å². The van der Waals surface area contributed by atoms with Crippen molar-refractivity contribution in [2.75, 3.05) is 26.7 Å². The third-order valence-corrected chi connectivity index (χ3v) is 3.57.